The third kappa shape index (κ3) is 5.91. The minimum Gasteiger partial charge on any atom is -0.481 e. The van der Waals surface area contributed by atoms with Crippen LogP contribution in [0.3, 0.4) is 0 Å². The van der Waals surface area contributed by atoms with Gasteiger partial charge in [-0.15, -0.1) is 0 Å². The van der Waals surface area contributed by atoms with E-state index in [0.29, 0.717) is 19.7 Å². The summed E-state index contributed by atoms with van der Waals surface area (Å²) in [7, 11) is 0. The van der Waals surface area contributed by atoms with E-state index in [-0.39, 0.29) is 18.5 Å². The van der Waals surface area contributed by atoms with E-state index in [2.05, 4.69) is 5.32 Å². The van der Waals surface area contributed by atoms with Crippen LogP contribution < -0.4 is 5.32 Å². The lowest BCUT2D eigenvalue weighted by molar-refractivity contribution is -0.138. The Morgan fingerprint density at radius 3 is 2.76 bits per heavy atom. The molecule has 6 heteroatoms. The smallest absolute Gasteiger partial charge is 0.317 e. The number of hydrogen-bond acceptors (Lipinski definition) is 3. The van der Waals surface area contributed by atoms with Gasteiger partial charge in [-0.3, -0.25) is 4.79 Å². The Bertz CT molecular complexity index is 358. The predicted molar refractivity (Wildman–Crippen MR) is 78.2 cm³/mol. The molecule has 1 saturated carbocycles. The number of nitrogens with one attached hydrogen (secondary N) is 1. The maximum absolute atomic E-state index is 12.1. The minimum atomic E-state index is -0.840. The molecule has 6 nitrogen and oxygen atoms in total. The molecule has 1 saturated heterocycles. The summed E-state index contributed by atoms with van der Waals surface area (Å²) in [6.45, 7) is 2.76. The number of aliphatic carboxylic acids is 1. The number of nitrogens with zero attached hydrogens (tertiary/aromatic N) is 1. The quantitative estimate of drug-likeness (QED) is 0.670. The number of carboxylic acids is 1. The molecule has 0 aromatic rings. The second kappa shape index (κ2) is 8.22. The summed E-state index contributed by atoms with van der Waals surface area (Å²) >= 11 is 0. The maximum Gasteiger partial charge on any atom is 0.317 e. The van der Waals surface area contributed by atoms with Crippen molar-refractivity contribution in [3.05, 3.63) is 0 Å². The first-order chi connectivity index (χ1) is 10.2. The van der Waals surface area contributed by atoms with E-state index in [9.17, 15) is 9.59 Å². The highest BCUT2D eigenvalue weighted by Crippen LogP contribution is 2.28. The van der Waals surface area contributed by atoms with E-state index in [4.69, 9.17) is 9.84 Å². The molecule has 21 heavy (non-hydrogen) atoms. The molecule has 2 N–H and O–H groups in total. The van der Waals surface area contributed by atoms with Gasteiger partial charge in [-0.25, -0.2) is 4.79 Å². The lowest BCUT2D eigenvalue weighted by atomic mass is 10.00. The molecule has 2 fully saturated rings. The van der Waals surface area contributed by atoms with Crippen molar-refractivity contribution in [2.45, 2.75) is 51.0 Å². The molecule has 1 aliphatic carbocycles. The van der Waals surface area contributed by atoms with Crippen LogP contribution in [0.25, 0.3) is 0 Å². The number of urea groups is 1. The number of ether oxygens (including phenoxy) is 1. The molecule has 1 unspecified atom stereocenters. The lowest BCUT2D eigenvalue weighted by Crippen LogP contribution is -2.49. The SMILES string of the molecule is O=C(O)CC1CCCCN1C(=O)NCCCOCC1CC1. The number of rotatable bonds is 8. The third-order valence-corrected chi connectivity index (χ3v) is 4.09. The Balaban J connectivity index is 1.61. The van der Waals surface area contributed by atoms with E-state index in [0.717, 1.165) is 38.2 Å². The van der Waals surface area contributed by atoms with Crippen molar-refractivity contribution in [1.82, 2.24) is 10.2 Å². The fourth-order valence-corrected chi connectivity index (χ4v) is 2.69. The summed E-state index contributed by atoms with van der Waals surface area (Å²) in [5, 5.41) is 11.8. The van der Waals surface area contributed by atoms with Crippen molar-refractivity contribution < 1.29 is 19.4 Å². The van der Waals surface area contributed by atoms with E-state index in [1.807, 2.05) is 0 Å². The molecular weight excluding hydrogens is 272 g/mol. The Labute approximate surface area is 125 Å². The van der Waals surface area contributed by atoms with Gasteiger partial charge in [-0.05, 0) is 44.4 Å². The molecule has 2 aliphatic rings. The molecule has 120 valence electrons. The zero-order valence-electron chi connectivity index (χ0n) is 12.6. The minimum absolute atomic E-state index is 0.0396. The van der Waals surface area contributed by atoms with Gasteiger partial charge in [0.05, 0.1) is 6.42 Å². The van der Waals surface area contributed by atoms with Crippen LogP contribution in [0.4, 0.5) is 4.79 Å². The normalized spacial score (nSPS) is 22.1. The first-order valence-corrected chi connectivity index (χ1v) is 8.01. The third-order valence-electron chi connectivity index (χ3n) is 4.09. The van der Waals surface area contributed by atoms with Gasteiger partial charge >= 0.3 is 12.0 Å². The number of hydrogen-bond donors (Lipinski definition) is 2. The highest BCUT2D eigenvalue weighted by atomic mass is 16.5. The standard InChI is InChI=1S/C15H26N2O4/c18-14(19)10-13-4-1-2-8-17(13)15(20)16-7-3-9-21-11-12-5-6-12/h12-13H,1-11H2,(H,16,20)(H,18,19). The molecule has 1 heterocycles. The molecule has 0 bridgehead atoms. The average molecular weight is 298 g/mol. The molecular formula is C15H26N2O4. The number of likely N-dealkylation sites (tertiary alicyclic amines) is 1. The second-order valence-corrected chi connectivity index (χ2v) is 6.04. The number of carbonyl (C=O) groups is 2. The summed E-state index contributed by atoms with van der Waals surface area (Å²) in [6.07, 6.45) is 6.15. The van der Waals surface area contributed by atoms with Gasteiger partial charge in [0, 0.05) is 32.3 Å². The van der Waals surface area contributed by atoms with Crippen LogP contribution in [-0.2, 0) is 9.53 Å². The van der Waals surface area contributed by atoms with Crippen molar-refractivity contribution >= 4 is 12.0 Å². The van der Waals surface area contributed by atoms with Gasteiger partial charge in [0.25, 0.3) is 0 Å². The Kier molecular flexibility index (Phi) is 6.29. The fourth-order valence-electron chi connectivity index (χ4n) is 2.69. The molecule has 0 aromatic heterocycles. The molecule has 2 rings (SSSR count). The zero-order chi connectivity index (χ0) is 15.1. The monoisotopic (exact) mass is 298 g/mol. The van der Waals surface area contributed by atoms with Crippen LogP contribution in [0, 0.1) is 5.92 Å². The van der Waals surface area contributed by atoms with Crippen molar-refractivity contribution in [2.24, 2.45) is 5.92 Å². The van der Waals surface area contributed by atoms with Crippen molar-refractivity contribution in [2.75, 3.05) is 26.3 Å². The summed E-state index contributed by atoms with van der Waals surface area (Å²) in [5.74, 6) is -0.0714. The van der Waals surface area contributed by atoms with Crippen molar-refractivity contribution in [1.29, 1.82) is 0 Å². The molecule has 1 atom stereocenters. The summed E-state index contributed by atoms with van der Waals surface area (Å²) < 4.78 is 5.52. The zero-order valence-corrected chi connectivity index (χ0v) is 12.6. The van der Waals surface area contributed by atoms with Gasteiger partial charge in [-0.2, -0.15) is 0 Å². The van der Waals surface area contributed by atoms with E-state index >= 15 is 0 Å². The van der Waals surface area contributed by atoms with E-state index < -0.39 is 5.97 Å². The molecule has 2 amide bonds. The lowest BCUT2D eigenvalue weighted by Gasteiger charge is -2.34. The summed E-state index contributed by atoms with van der Waals surface area (Å²) in [5.41, 5.74) is 0. The first-order valence-electron chi connectivity index (χ1n) is 8.01. The fraction of sp³-hybridized carbons (Fsp3) is 0.867. The van der Waals surface area contributed by atoms with E-state index in [1.54, 1.807) is 4.90 Å². The van der Waals surface area contributed by atoms with Gasteiger partial charge < -0.3 is 20.1 Å². The van der Waals surface area contributed by atoms with Crippen LogP contribution in [-0.4, -0.2) is 54.4 Å². The van der Waals surface area contributed by atoms with Crippen LogP contribution >= 0.6 is 0 Å². The Morgan fingerprint density at radius 1 is 1.24 bits per heavy atom. The molecule has 0 aromatic carbocycles. The first kappa shape index (κ1) is 16.1. The van der Waals surface area contributed by atoms with E-state index in [1.165, 1.54) is 12.8 Å². The van der Waals surface area contributed by atoms with Crippen LogP contribution in [0.2, 0.25) is 0 Å². The van der Waals surface area contributed by atoms with Crippen molar-refractivity contribution in [3.8, 4) is 0 Å². The Morgan fingerprint density at radius 2 is 2.05 bits per heavy atom. The number of piperidine rings is 1. The molecule has 0 spiro atoms. The van der Waals surface area contributed by atoms with Crippen LogP contribution in [0.5, 0.6) is 0 Å². The average Bonchev–Trinajstić information content (AvgIpc) is 3.26. The number of amides is 2. The molecule has 1 aliphatic heterocycles. The van der Waals surface area contributed by atoms with Gasteiger partial charge in [-0.1, -0.05) is 0 Å². The molecule has 0 radical (unpaired) electrons. The summed E-state index contributed by atoms with van der Waals surface area (Å²) in [4.78, 5) is 24.7. The number of carboxylic acid groups (broad SMARTS) is 1. The highest BCUT2D eigenvalue weighted by molar-refractivity contribution is 5.76. The van der Waals surface area contributed by atoms with Crippen LogP contribution in [0.1, 0.15) is 44.9 Å². The maximum atomic E-state index is 12.1. The predicted octanol–water partition coefficient (Wildman–Crippen LogP) is 1.84. The number of carbonyl (C=O) groups excluding carboxylic acids is 1. The van der Waals surface area contributed by atoms with Gasteiger partial charge in [0.2, 0.25) is 0 Å². The van der Waals surface area contributed by atoms with Crippen molar-refractivity contribution in [3.63, 3.8) is 0 Å². The highest BCUT2D eigenvalue weighted by Gasteiger charge is 2.28. The van der Waals surface area contributed by atoms with Gasteiger partial charge in [0.1, 0.15) is 0 Å². The topological polar surface area (TPSA) is 78.9 Å². The van der Waals surface area contributed by atoms with Crippen LogP contribution in [0.15, 0.2) is 0 Å². The van der Waals surface area contributed by atoms with Gasteiger partial charge in [0.15, 0.2) is 0 Å². The summed E-state index contributed by atoms with van der Waals surface area (Å²) in [6, 6.07) is -0.300. The largest absolute Gasteiger partial charge is 0.481 e. The second-order valence-electron chi connectivity index (χ2n) is 6.04. The Hall–Kier alpha value is -1.30.